The summed E-state index contributed by atoms with van der Waals surface area (Å²) in [6, 6.07) is 5.98. The van der Waals surface area contributed by atoms with E-state index < -0.39 is 0 Å². The highest BCUT2D eigenvalue weighted by Gasteiger charge is 2.56. The number of rotatable bonds is 0. The number of hydrogen-bond acceptors (Lipinski definition) is 2. The Balaban J connectivity index is 1.76. The smallest absolute Gasteiger partial charge is 0.115 e. The zero-order chi connectivity index (χ0) is 14.8. The van der Waals surface area contributed by atoms with Crippen LogP contribution >= 0.6 is 0 Å². The molecule has 0 spiro atoms. The Bertz CT molecular complexity index is 567. The molecule has 2 heteroatoms. The van der Waals surface area contributed by atoms with E-state index in [0.717, 1.165) is 19.3 Å². The molecule has 0 heterocycles. The highest BCUT2D eigenvalue weighted by atomic mass is 16.3. The third-order valence-corrected chi connectivity index (χ3v) is 6.95. The average Bonchev–Trinajstić information content (AvgIpc) is 2.74. The highest BCUT2D eigenvalue weighted by Crippen LogP contribution is 2.62. The first-order chi connectivity index (χ1) is 10.0. The van der Waals surface area contributed by atoms with Crippen molar-refractivity contribution in [2.45, 2.75) is 58.0 Å². The van der Waals surface area contributed by atoms with Crippen LogP contribution in [0.1, 0.15) is 56.6 Å². The SMILES string of the molecule is CC1C[C@]2(C)[C@H](O)CC[C@H]2[C@@H]2CCc3cc(O)ccc3[C@@H]12. The summed E-state index contributed by atoms with van der Waals surface area (Å²) in [5.41, 5.74) is 2.96. The summed E-state index contributed by atoms with van der Waals surface area (Å²) in [6.45, 7) is 4.69. The third kappa shape index (κ3) is 1.81. The Morgan fingerprint density at radius 2 is 2.00 bits per heavy atom. The first-order valence-corrected chi connectivity index (χ1v) is 8.50. The minimum absolute atomic E-state index is 0.105. The van der Waals surface area contributed by atoms with E-state index in [9.17, 15) is 10.2 Å². The maximum Gasteiger partial charge on any atom is 0.115 e. The maximum absolute atomic E-state index is 10.5. The second kappa shape index (κ2) is 4.49. The number of aliphatic hydroxyl groups is 1. The lowest BCUT2D eigenvalue weighted by molar-refractivity contribution is -0.0441. The second-order valence-corrected chi connectivity index (χ2v) is 8.00. The molecule has 0 radical (unpaired) electrons. The molecule has 2 nitrogen and oxygen atoms in total. The van der Waals surface area contributed by atoms with Crippen molar-refractivity contribution in [1.82, 2.24) is 0 Å². The standard InChI is InChI=1S/C19H26O2/c1-11-10-19(2)16(7-8-17(19)21)15-5-3-12-9-13(20)4-6-14(12)18(11)15/h4,6,9,11,15-18,20-21H,3,5,7-8,10H2,1-2H3/t11?,15-,16-,17+,18+,19-/m0/s1. The molecule has 114 valence electrons. The summed E-state index contributed by atoms with van der Waals surface area (Å²) in [6.07, 6.45) is 5.52. The van der Waals surface area contributed by atoms with Crippen molar-refractivity contribution in [3.63, 3.8) is 0 Å². The quantitative estimate of drug-likeness (QED) is 0.760. The Morgan fingerprint density at radius 1 is 1.19 bits per heavy atom. The van der Waals surface area contributed by atoms with Gasteiger partial charge in [0.1, 0.15) is 5.75 Å². The molecule has 2 N–H and O–H groups in total. The van der Waals surface area contributed by atoms with E-state index in [1.165, 1.54) is 24.0 Å². The van der Waals surface area contributed by atoms with E-state index in [1.807, 2.05) is 12.1 Å². The molecular weight excluding hydrogens is 260 g/mol. The summed E-state index contributed by atoms with van der Waals surface area (Å²) in [4.78, 5) is 0. The van der Waals surface area contributed by atoms with Crippen LogP contribution in [0.15, 0.2) is 18.2 Å². The third-order valence-electron chi connectivity index (χ3n) is 6.95. The first-order valence-electron chi connectivity index (χ1n) is 8.50. The van der Waals surface area contributed by atoms with Gasteiger partial charge in [-0.3, -0.25) is 0 Å². The largest absolute Gasteiger partial charge is 0.508 e. The van der Waals surface area contributed by atoms with Crippen molar-refractivity contribution in [3.8, 4) is 5.75 Å². The van der Waals surface area contributed by atoms with Gasteiger partial charge in [-0.25, -0.2) is 0 Å². The molecule has 4 rings (SSSR count). The van der Waals surface area contributed by atoms with Crippen LogP contribution in [0.2, 0.25) is 0 Å². The number of phenolic OH excluding ortho intramolecular Hbond substituents is 1. The van der Waals surface area contributed by atoms with Crippen LogP contribution in [0, 0.1) is 23.2 Å². The number of phenols is 1. The minimum Gasteiger partial charge on any atom is -0.508 e. The molecule has 1 unspecified atom stereocenters. The lowest BCUT2D eigenvalue weighted by atomic mass is 9.52. The van der Waals surface area contributed by atoms with Crippen LogP contribution in [0.3, 0.4) is 0 Å². The molecule has 1 aromatic rings. The fraction of sp³-hybridized carbons (Fsp3) is 0.684. The van der Waals surface area contributed by atoms with Gasteiger partial charge in [-0.1, -0.05) is 19.9 Å². The molecule has 0 aliphatic heterocycles. The van der Waals surface area contributed by atoms with Crippen LogP contribution in [0.25, 0.3) is 0 Å². The predicted molar refractivity (Wildman–Crippen MR) is 83.3 cm³/mol. The van der Waals surface area contributed by atoms with Gasteiger partial charge in [-0.2, -0.15) is 0 Å². The zero-order valence-corrected chi connectivity index (χ0v) is 13.0. The summed E-state index contributed by atoms with van der Waals surface area (Å²) >= 11 is 0. The van der Waals surface area contributed by atoms with Gasteiger partial charge in [-0.05, 0) is 84.5 Å². The molecule has 0 bridgehead atoms. The Hall–Kier alpha value is -1.02. The van der Waals surface area contributed by atoms with Crippen LogP contribution in [0.4, 0.5) is 0 Å². The topological polar surface area (TPSA) is 40.5 Å². The minimum atomic E-state index is -0.105. The summed E-state index contributed by atoms with van der Waals surface area (Å²) in [5, 5.41) is 20.2. The lowest BCUT2D eigenvalue weighted by Gasteiger charge is -2.53. The van der Waals surface area contributed by atoms with Gasteiger partial charge < -0.3 is 10.2 Å². The van der Waals surface area contributed by atoms with E-state index in [2.05, 4.69) is 19.9 Å². The molecule has 0 amide bonds. The van der Waals surface area contributed by atoms with Gasteiger partial charge in [-0.15, -0.1) is 0 Å². The van der Waals surface area contributed by atoms with Gasteiger partial charge in [0.2, 0.25) is 0 Å². The number of fused-ring (bicyclic) bond motifs is 5. The van der Waals surface area contributed by atoms with E-state index in [1.54, 1.807) is 0 Å². The van der Waals surface area contributed by atoms with E-state index in [4.69, 9.17) is 0 Å². The Kier molecular flexibility index (Phi) is 2.91. The van der Waals surface area contributed by atoms with Crippen molar-refractivity contribution < 1.29 is 10.2 Å². The van der Waals surface area contributed by atoms with E-state index in [0.29, 0.717) is 29.4 Å². The van der Waals surface area contributed by atoms with Crippen LogP contribution in [-0.2, 0) is 6.42 Å². The predicted octanol–water partition coefficient (Wildman–Crippen LogP) is 3.86. The fourth-order valence-corrected chi connectivity index (χ4v) is 6.10. The molecular formula is C19H26O2. The monoisotopic (exact) mass is 286 g/mol. The number of aromatic hydroxyl groups is 1. The molecule has 0 aromatic heterocycles. The van der Waals surface area contributed by atoms with E-state index >= 15 is 0 Å². The van der Waals surface area contributed by atoms with Crippen LogP contribution < -0.4 is 0 Å². The van der Waals surface area contributed by atoms with Gasteiger partial charge >= 0.3 is 0 Å². The molecule has 21 heavy (non-hydrogen) atoms. The second-order valence-electron chi connectivity index (χ2n) is 8.00. The zero-order valence-electron chi connectivity index (χ0n) is 13.0. The van der Waals surface area contributed by atoms with Gasteiger partial charge in [0.15, 0.2) is 0 Å². The van der Waals surface area contributed by atoms with Crippen molar-refractivity contribution in [1.29, 1.82) is 0 Å². The number of benzene rings is 1. The van der Waals surface area contributed by atoms with Crippen molar-refractivity contribution in [2.24, 2.45) is 23.2 Å². The Labute approximate surface area is 127 Å². The first kappa shape index (κ1) is 13.6. The van der Waals surface area contributed by atoms with Crippen LogP contribution in [0.5, 0.6) is 5.75 Å². The molecule has 1 aromatic carbocycles. The maximum atomic E-state index is 10.5. The molecule has 3 aliphatic carbocycles. The lowest BCUT2D eigenvalue weighted by Crippen LogP contribution is -2.47. The van der Waals surface area contributed by atoms with E-state index in [-0.39, 0.29) is 11.5 Å². The van der Waals surface area contributed by atoms with Gasteiger partial charge in [0, 0.05) is 0 Å². The molecule has 2 saturated carbocycles. The summed E-state index contributed by atoms with van der Waals surface area (Å²) < 4.78 is 0. The van der Waals surface area contributed by atoms with Crippen molar-refractivity contribution in [2.75, 3.05) is 0 Å². The van der Waals surface area contributed by atoms with Crippen molar-refractivity contribution in [3.05, 3.63) is 29.3 Å². The van der Waals surface area contributed by atoms with Crippen LogP contribution in [-0.4, -0.2) is 16.3 Å². The highest BCUT2D eigenvalue weighted by molar-refractivity contribution is 5.40. The summed E-state index contributed by atoms with van der Waals surface area (Å²) in [7, 11) is 0. The number of aryl methyl sites for hydroxylation is 1. The normalized spacial score (nSPS) is 44.8. The molecule has 2 fully saturated rings. The number of aliphatic hydroxyl groups excluding tert-OH is 1. The molecule has 3 aliphatic rings. The number of hydrogen-bond donors (Lipinski definition) is 2. The average molecular weight is 286 g/mol. The molecule has 6 atom stereocenters. The fourth-order valence-electron chi connectivity index (χ4n) is 6.10. The van der Waals surface area contributed by atoms with Gasteiger partial charge in [0.05, 0.1) is 6.10 Å². The van der Waals surface area contributed by atoms with Crippen molar-refractivity contribution >= 4 is 0 Å². The molecule has 0 saturated heterocycles. The Morgan fingerprint density at radius 3 is 2.81 bits per heavy atom. The summed E-state index contributed by atoms with van der Waals surface area (Å²) in [5.74, 6) is 3.03. The van der Waals surface area contributed by atoms with Gasteiger partial charge in [0.25, 0.3) is 0 Å².